The molecule has 3 aromatic rings. The van der Waals surface area contributed by atoms with Crippen molar-refractivity contribution in [2.45, 2.75) is 24.6 Å². The predicted molar refractivity (Wildman–Crippen MR) is 101 cm³/mol. The van der Waals surface area contributed by atoms with E-state index >= 15 is 0 Å². The van der Waals surface area contributed by atoms with Crippen molar-refractivity contribution in [2.24, 2.45) is 0 Å². The summed E-state index contributed by atoms with van der Waals surface area (Å²) in [6.07, 6.45) is 3.79. The van der Waals surface area contributed by atoms with Crippen LogP contribution in [0.15, 0.2) is 35.6 Å². The highest BCUT2D eigenvalue weighted by Crippen LogP contribution is 2.26. The van der Waals surface area contributed by atoms with Gasteiger partial charge in [-0.3, -0.25) is 4.57 Å². The van der Waals surface area contributed by atoms with E-state index in [-0.39, 0.29) is 0 Å². The molecular formula is C18H19N7S. The zero-order valence-electron chi connectivity index (χ0n) is 15.1. The molecule has 132 valence electrons. The van der Waals surface area contributed by atoms with E-state index in [0.717, 1.165) is 11.3 Å². The van der Waals surface area contributed by atoms with Crippen LogP contribution in [0.5, 0.6) is 0 Å². The number of aromatic nitrogens is 5. The van der Waals surface area contributed by atoms with Crippen LogP contribution in [0, 0.1) is 25.2 Å². The SMILES string of the molecule is Cc1cc(C)c(C#N)c(SCc2nc(N(C)C)nc(-n3cccc3)n2)n1. The second kappa shape index (κ2) is 7.54. The van der Waals surface area contributed by atoms with Crippen LogP contribution < -0.4 is 4.90 Å². The Kier molecular flexibility index (Phi) is 5.19. The molecule has 0 bridgehead atoms. The number of pyridine rings is 1. The van der Waals surface area contributed by atoms with Crippen LogP contribution in [-0.2, 0) is 5.75 Å². The molecule has 0 aliphatic heterocycles. The minimum absolute atomic E-state index is 0.502. The molecule has 8 heteroatoms. The van der Waals surface area contributed by atoms with E-state index in [1.165, 1.54) is 11.8 Å². The van der Waals surface area contributed by atoms with Crippen molar-refractivity contribution >= 4 is 17.7 Å². The first kappa shape index (κ1) is 17.9. The number of thioether (sulfide) groups is 1. The van der Waals surface area contributed by atoms with Gasteiger partial charge in [0.1, 0.15) is 16.9 Å². The lowest BCUT2D eigenvalue weighted by atomic mass is 10.1. The first-order chi connectivity index (χ1) is 12.5. The number of hydrogen-bond acceptors (Lipinski definition) is 7. The minimum Gasteiger partial charge on any atom is -0.347 e. The van der Waals surface area contributed by atoms with Crippen molar-refractivity contribution in [1.82, 2.24) is 24.5 Å². The van der Waals surface area contributed by atoms with E-state index in [9.17, 15) is 5.26 Å². The van der Waals surface area contributed by atoms with E-state index in [1.54, 1.807) is 0 Å². The van der Waals surface area contributed by atoms with Crippen LogP contribution in [-0.4, -0.2) is 38.6 Å². The second-order valence-corrected chi connectivity index (χ2v) is 6.96. The van der Waals surface area contributed by atoms with E-state index in [0.29, 0.717) is 34.1 Å². The zero-order chi connectivity index (χ0) is 18.7. The Labute approximate surface area is 156 Å². The lowest BCUT2D eigenvalue weighted by molar-refractivity contribution is 0.842. The summed E-state index contributed by atoms with van der Waals surface area (Å²) >= 11 is 1.47. The number of hydrogen-bond donors (Lipinski definition) is 0. The van der Waals surface area contributed by atoms with Gasteiger partial charge >= 0.3 is 0 Å². The van der Waals surface area contributed by atoms with E-state index in [1.807, 2.05) is 68.0 Å². The monoisotopic (exact) mass is 365 g/mol. The van der Waals surface area contributed by atoms with Gasteiger partial charge in [0.25, 0.3) is 0 Å². The molecule has 0 spiro atoms. The van der Waals surface area contributed by atoms with Gasteiger partial charge in [0.15, 0.2) is 0 Å². The molecule has 0 amide bonds. The fourth-order valence-electron chi connectivity index (χ4n) is 2.42. The van der Waals surface area contributed by atoms with Crippen molar-refractivity contribution in [3.63, 3.8) is 0 Å². The smallest absolute Gasteiger partial charge is 0.238 e. The lowest BCUT2D eigenvalue weighted by Gasteiger charge is -2.13. The fraction of sp³-hybridized carbons (Fsp3) is 0.278. The molecule has 0 fully saturated rings. The summed E-state index contributed by atoms with van der Waals surface area (Å²) in [5.41, 5.74) is 2.43. The third-order valence-electron chi connectivity index (χ3n) is 3.65. The van der Waals surface area contributed by atoms with Crippen LogP contribution in [0.2, 0.25) is 0 Å². The largest absolute Gasteiger partial charge is 0.347 e. The standard InChI is InChI=1S/C18H19N7S/c1-12-9-13(2)20-16(14(12)10-19)26-11-15-21-17(24(3)4)23-18(22-15)25-7-5-6-8-25/h5-9H,11H2,1-4H3. The molecule has 0 radical (unpaired) electrons. The molecule has 0 saturated heterocycles. The van der Waals surface area contributed by atoms with Crippen molar-refractivity contribution in [3.8, 4) is 12.0 Å². The van der Waals surface area contributed by atoms with Crippen LogP contribution in [0.4, 0.5) is 5.95 Å². The van der Waals surface area contributed by atoms with E-state index in [2.05, 4.69) is 26.0 Å². The quantitative estimate of drug-likeness (QED) is 0.643. The van der Waals surface area contributed by atoms with Crippen LogP contribution in [0.25, 0.3) is 5.95 Å². The summed E-state index contributed by atoms with van der Waals surface area (Å²) in [6, 6.07) is 8.00. The van der Waals surface area contributed by atoms with Gasteiger partial charge in [0.05, 0.1) is 11.3 Å². The maximum atomic E-state index is 9.42. The molecule has 0 aliphatic carbocycles. The molecule has 0 unspecified atom stereocenters. The summed E-state index contributed by atoms with van der Waals surface area (Å²) in [7, 11) is 3.79. The van der Waals surface area contributed by atoms with Gasteiger partial charge in [-0.25, -0.2) is 4.98 Å². The van der Waals surface area contributed by atoms with E-state index in [4.69, 9.17) is 0 Å². The fourth-order valence-corrected chi connectivity index (χ4v) is 3.37. The van der Waals surface area contributed by atoms with Crippen molar-refractivity contribution < 1.29 is 0 Å². The van der Waals surface area contributed by atoms with Crippen LogP contribution in [0.3, 0.4) is 0 Å². The van der Waals surface area contributed by atoms with Gasteiger partial charge < -0.3 is 4.90 Å². The Balaban J connectivity index is 1.92. The summed E-state index contributed by atoms with van der Waals surface area (Å²) in [5.74, 6) is 2.30. The molecule has 0 N–H and O–H groups in total. The van der Waals surface area contributed by atoms with Gasteiger partial charge in [0.2, 0.25) is 11.9 Å². The summed E-state index contributed by atoms with van der Waals surface area (Å²) < 4.78 is 1.85. The van der Waals surface area contributed by atoms with Crippen LogP contribution in [0.1, 0.15) is 22.6 Å². The highest BCUT2D eigenvalue weighted by atomic mass is 32.2. The van der Waals surface area contributed by atoms with Crippen molar-refractivity contribution in [2.75, 3.05) is 19.0 Å². The number of nitriles is 1. The number of nitrogens with zero attached hydrogens (tertiary/aromatic N) is 7. The average molecular weight is 365 g/mol. The summed E-state index contributed by atoms with van der Waals surface area (Å²) in [5, 5.41) is 10.1. The van der Waals surface area contributed by atoms with Crippen LogP contribution >= 0.6 is 11.8 Å². The van der Waals surface area contributed by atoms with E-state index < -0.39 is 0 Å². The summed E-state index contributed by atoms with van der Waals surface area (Å²) in [4.78, 5) is 19.9. The molecule has 3 rings (SSSR count). The Morgan fingerprint density at radius 3 is 2.50 bits per heavy atom. The second-order valence-electron chi connectivity index (χ2n) is 6.00. The highest BCUT2D eigenvalue weighted by Gasteiger charge is 2.13. The van der Waals surface area contributed by atoms with Gasteiger partial charge in [-0.1, -0.05) is 11.8 Å². The minimum atomic E-state index is 0.502. The first-order valence-electron chi connectivity index (χ1n) is 8.04. The zero-order valence-corrected chi connectivity index (χ0v) is 15.9. The Hall–Kier alpha value is -2.92. The topological polar surface area (TPSA) is 83.5 Å². The Bertz CT molecular complexity index is 958. The molecule has 7 nitrogen and oxygen atoms in total. The normalized spacial score (nSPS) is 10.6. The molecule has 26 heavy (non-hydrogen) atoms. The molecule has 3 heterocycles. The third-order valence-corrected chi connectivity index (χ3v) is 4.63. The third kappa shape index (κ3) is 3.83. The number of aryl methyl sites for hydroxylation is 2. The van der Waals surface area contributed by atoms with Gasteiger partial charge in [-0.15, -0.1) is 0 Å². The Morgan fingerprint density at radius 2 is 1.85 bits per heavy atom. The highest BCUT2D eigenvalue weighted by molar-refractivity contribution is 7.98. The first-order valence-corrected chi connectivity index (χ1v) is 9.03. The van der Waals surface area contributed by atoms with Gasteiger partial charge in [0, 0.05) is 32.2 Å². The molecule has 0 aliphatic rings. The van der Waals surface area contributed by atoms with Crippen molar-refractivity contribution in [1.29, 1.82) is 5.26 Å². The molecule has 3 aromatic heterocycles. The Morgan fingerprint density at radius 1 is 1.12 bits per heavy atom. The molecular weight excluding hydrogens is 346 g/mol. The molecule has 0 atom stereocenters. The summed E-state index contributed by atoms with van der Waals surface area (Å²) in [6.45, 7) is 3.85. The maximum absolute atomic E-state index is 9.42. The van der Waals surface area contributed by atoms with Gasteiger partial charge in [-0.2, -0.15) is 20.2 Å². The molecule has 0 saturated carbocycles. The average Bonchev–Trinajstić information content (AvgIpc) is 3.14. The maximum Gasteiger partial charge on any atom is 0.238 e. The number of anilines is 1. The number of rotatable bonds is 5. The van der Waals surface area contributed by atoms with Crippen molar-refractivity contribution in [3.05, 3.63) is 53.2 Å². The lowest BCUT2D eigenvalue weighted by Crippen LogP contribution is -2.16. The van der Waals surface area contributed by atoms with Gasteiger partial charge in [-0.05, 0) is 37.6 Å². The molecule has 0 aromatic carbocycles. The predicted octanol–water partition coefficient (Wildman–Crippen LogP) is 2.90.